The number of nitrogens with two attached hydrogens (primary N) is 1. The average Bonchev–Trinajstić information content (AvgIpc) is 2.40. The lowest BCUT2D eigenvalue weighted by Gasteiger charge is -2.32. The summed E-state index contributed by atoms with van der Waals surface area (Å²) in [6.45, 7) is 7.46. The van der Waals surface area contributed by atoms with Gasteiger partial charge >= 0.3 is 8.56 Å². The smallest absolute Gasteiger partial charge is 0.374 e. The van der Waals surface area contributed by atoms with Gasteiger partial charge in [0, 0.05) is 25.3 Å². The van der Waals surface area contributed by atoms with E-state index in [0.29, 0.717) is 13.2 Å². The predicted molar refractivity (Wildman–Crippen MR) is 78.2 cm³/mol. The molecule has 0 aliphatic rings. The van der Waals surface area contributed by atoms with Gasteiger partial charge in [0.15, 0.2) is 0 Å². The quantitative estimate of drug-likeness (QED) is 0.734. The number of hydrogen-bond donors (Lipinski definition) is 1. The predicted octanol–water partition coefficient (Wildman–Crippen LogP) is 2.15. The lowest BCUT2D eigenvalue weighted by atomic mass is 10.3. The van der Waals surface area contributed by atoms with E-state index in [2.05, 4.69) is 19.1 Å². The zero-order valence-electron chi connectivity index (χ0n) is 11.7. The second-order valence-corrected chi connectivity index (χ2v) is 7.43. The van der Waals surface area contributed by atoms with E-state index in [9.17, 15) is 0 Å². The highest BCUT2D eigenvalue weighted by molar-refractivity contribution is 6.81. The third-order valence-corrected chi connectivity index (χ3v) is 6.81. The first-order valence-electron chi connectivity index (χ1n) is 6.77. The Kier molecular flexibility index (Phi) is 6.57. The average molecular weight is 267 g/mol. The second kappa shape index (κ2) is 7.69. The summed E-state index contributed by atoms with van der Waals surface area (Å²) in [4.78, 5) is 0. The molecule has 18 heavy (non-hydrogen) atoms. The highest BCUT2D eigenvalue weighted by Crippen LogP contribution is 2.17. The van der Waals surface area contributed by atoms with Gasteiger partial charge in [-0.3, -0.25) is 0 Å². The van der Waals surface area contributed by atoms with Crippen LogP contribution in [0.2, 0.25) is 6.04 Å². The van der Waals surface area contributed by atoms with Crippen molar-refractivity contribution in [2.45, 2.75) is 39.3 Å². The van der Waals surface area contributed by atoms with Crippen LogP contribution >= 0.6 is 0 Å². The first kappa shape index (κ1) is 15.4. The zero-order chi connectivity index (χ0) is 13.4. The lowest BCUT2D eigenvalue weighted by molar-refractivity contribution is 0.193. The fourth-order valence-electron chi connectivity index (χ4n) is 2.09. The van der Waals surface area contributed by atoms with E-state index >= 15 is 0 Å². The van der Waals surface area contributed by atoms with Crippen LogP contribution < -0.4 is 10.9 Å². The van der Waals surface area contributed by atoms with Gasteiger partial charge in [0.05, 0.1) is 0 Å². The van der Waals surface area contributed by atoms with Gasteiger partial charge in [0.25, 0.3) is 0 Å². The van der Waals surface area contributed by atoms with E-state index < -0.39 is 8.56 Å². The minimum absolute atomic E-state index is 0.134. The van der Waals surface area contributed by atoms with Crippen molar-refractivity contribution in [1.29, 1.82) is 0 Å². The van der Waals surface area contributed by atoms with Gasteiger partial charge in [-0.2, -0.15) is 0 Å². The third kappa shape index (κ3) is 3.92. The van der Waals surface area contributed by atoms with Crippen LogP contribution in [-0.2, 0) is 8.85 Å². The van der Waals surface area contributed by atoms with Gasteiger partial charge in [-0.1, -0.05) is 37.3 Å². The van der Waals surface area contributed by atoms with Crippen LogP contribution in [0.1, 0.15) is 27.2 Å². The normalized spacial score (nSPS) is 13.6. The van der Waals surface area contributed by atoms with E-state index in [1.165, 1.54) is 5.19 Å². The summed E-state index contributed by atoms with van der Waals surface area (Å²) < 4.78 is 12.1. The second-order valence-electron chi connectivity index (χ2n) is 4.36. The molecule has 3 nitrogen and oxygen atoms in total. The van der Waals surface area contributed by atoms with Crippen molar-refractivity contribution in [3.63, 3.8) is 0 Å². The largest absolute Gasteiger partial charge is 0.391 e. The minimum Gasteiger partial charge on any atom is -0.391 e. The molecular weight excluding hydrogens is 242 g/mol. The molecule has 0 fully saturated rings. The minimum atomic E-state index is -2.38. The summed E-state index contributed by atoms with van der Waals surface area (Å²) in [6.07, 6.45) is 0.946. The van der Waals surface area contributed by atoms with Crippen molar-refractivity contribution in [2.75, 3.05) is 13.2 Å². The molecule has 2 N–H and O–H groups in total. The Labute approximate surface area is 112 Å². The van der Waals surface area contributed by atoms with Crippen LogP contribution in [0.15, 0.2) is 30.3 Å². The number of hydrogen-bond acceptors (Lipinski definition) is 3. The zero-order valence-corrected chi connectivity index (χ0v) is 12.7. The molecular formula is C14H25NO2Si. The Bertz CT molecular complexity index is 326. The van der Waals surface area contributed by atoms with Gasteiger partial charge in [0.1, 0.15) is 0 Å². The molecule has 1 aromatic carbocycles. The molecule has 1 unspecified atom stereocenters. The van der Waals surface area contributed by atoms with E-state index in [0.717, 1.165) is 12.5 Å². The fourth-order valence-corrected chi connectivity index (χ4v) is 5.59. The molecule has 0 aliphatic carbocycles. The molecule has 0 saturated carbocycles. The number of benzene rings is 1. The Balaban J connectivity index is 3.04. The van der Waals surface area contributed by atoms with E-state index in [1.807, 2.05) is 32.0 Å². The van der Waals surface area contributed by atoms with Crippen molar-refractivity contribution < 1.29 is 8.85 Å². The molecule has 1 rings (SSSR count). The molecule has 1 aromatic rings. The Morgan fingerprint density at radius 3 is 2.06 bits per heavy atom. The molecule has 4 heteroatoms. The van der Waals surface area contributed by atoms with Crippen LogP contribution in [0.4, 0.5) is 0 Å². The van der Waals surface area contributed by atoms with Crippen LogP contribution in [0.25, 0.3) is 0 Å². The molecule has 0 bridgehead atoms. The van der Waals surface area contributed by atoms with E-state index in [4.69, 9.17) is 14.6 Å². The molecule has 0 radical (unpaired) electrons. The highest BCUT2D eigenvalue weighted by Gasteiger charge is 2.40. The molecule has 0 spiro atoms. The van der Waals surface area contributed by atoms with Crippen molar-refractivity contribution in [3.8, 4) is 0 Å². The molecule has 0 saturated heterocycles. The van der Waals surface area contributed by atoms with Gasteiger partial charge in [-0.15, -0.1) is 0 Å². The van der Waals surface area contributed by atoms with Crippen LogP contribution in [0.3, 0.4) is 0 Å². The summed E-state index contributed by atoms with van der Waals surface area (Å²) >= 11 is 0. The summed E-state index contributed by atoms with van der Waals surface area (Å²) in [5.41, 5.74) is 6.13. The van der Waals surface area contributed by atoms with Crippen LogP contribution in [0.5, 0.6) is 0 Å². The number of rotatable bonds is 8. The van der Waals surface area contributed by atoms with Crippen LogP contribution in [0, 0.1) is 0 Å². The van der Waals surface area contributed by atoms with E-state index in [1.54, 1.807) is 0 Å². The van der Waals surface area contributed by atoms with Crippen molar-refractivity contribution >= 4 is 13.7 Å². The standard InChI is InChI=1S/C14H25NO2Si/c1-4-13(15)12-18(16-5-2,17-6-3)14-10-8-7-9-11-14/h7-11,13H,4-6,12,15H2,1-3H3. The van der Waals surface area contributed by atoms with Gasteiger partial charge in [-0.05, 0) is 25.5 Å². The summed E-state index contributed by atoms with van der Waals surface area (Å²) in [5, 5.41) is 1.18. The maximum absolute atomic E-state index is 6.13. The first-order valence-corrected chi connectivity index (χ1v) is 8.79. The summed E-state index contributed by atoms with van der Waals surface area (Å²) in [6, 6.07) is 11.2. The maximum Gasteiger partial charge on any atom is 0.374 e. The van der Waals surface area contributed by atoms with Crippen molar-refractivity contribution in [3.05, 3.63) is 30.3 Å². The van der Waals surface area contributed by atoms with Gasteiger partial charge in [-0.25, -0.2) is 0 Å². The van der Waals surface area contributed by atoms with Crippen molar-refractivity contribution in [2.24, 2.45) is 5.73 Å². The van der Waals surface area contributed by atoms with Gasteiger partial charge in [0.2, 0.25) is 0 Å². The SMILES string of the molecule is CCO[Si](CC(N)CC)(OCC)c1ccccc1. The van der Waals surface area contributed by atoms with E-state index in [-0.39, 0.29) is 6.04 Å². The van der Waals surface area contributed by atoms with Gasteiger partial charge < -0.3 is 14.6 Å². The summed E-state index contributed by atoms with van der Waals surface area (Å²) in [5.74, 6) is 0. The lowest BCUT2D eigenvalue weighted by Crippen LogP contribution is -2.56. The Hall–Kier alpha value is -0.683. The monoisotopic (exact) mass is 267 g/mol. The van der Waals surface area contributed by atoms with Crippen molar-refractivity contribution in [1.82, 2.24) is 0 Å². The molecule has 0 aromatic heterocycles. The Morgan fingerprint density at radius 2 is 1.61 bits per heavy atom. The highest BCUT2D eigenvalue weighted by atomic mass is 28.4. The Morgan fingerprint density at radius 1 is 1.06 bits per heavy atom. The molecule has 0 aliphatic heterocycles. The summed E-state index contributed by atoms with van der Waals surface area (Å²) in [7, 11) is -2.38. The molecule has 0 heterocycles. The molecule has 1 atom stereocenters. The van der Waals surface area contributed by atoms with Crippen LogP contribution in [-0.4, -0.2) is 27.8 Å². The fraction of sp³-hybridized carbons (Fsp3) is 0.571. The third-order valence-electron chi connectivity index (χ3n) is 3.02. The molecule has 0 amide bonds. The maximum atomic E-state index is 6.13. The first-order chi connectivity index (χ1) is 8.68. The molecule has 102 valence electrons. The topological polar surface area (TPSA) is 44.5 Å².